The summed E-state index contributed by atoms with van der Waals surface area (Å²) < 4.78 is 30.5. The second-order valence-corrected chi connectivity index (χ2v) is 11.7. The summed E-state index contributed by atoms with van der Waals surface area (Å²) in [5.41, 5.74) is 5.49. The third kappa shape index (κ3) is 5.02. The molecule has 2 aliphatic rings. The van der Waals surface area contributed by atoms with Crippen LogP contribution in [0.2, 0.25) is 0 Å². The van der Waals surface area contributed by atoms with Gasteiger partial charge in [0.15, 0.2) is 5.03 Å². The summed E-state index contributed by atoms with van der Waals surface area (Å²) >= 11 is 0. The Labute approximate surface area is 217 Å². The van der Waals surface area contributed by atoms with Crippen molar-refractivity contribution in [3.05, 3.63) is 70.3 Å². The number of fused-ring (bicyclic) bond motifs is 1. The van der Waals surface area contributed by atoms with Gasteiger partial charge in [-0.3, -0.25) is 9.48 Å². The summed E-state index contributed by atoms with van der Waals surface area (Å²) in [6.45, 7) is 9.29. The van der Waals surface area contributed by atoms with Crippen LogP contribution in [0.3, 0.4) is 0 Å². The number of sulfonamides is 1. The van der Waals surface area contributed by atoms with Gasteiger partial charge in [0, 0.05) is 12.1 Å². The summed E-state index contributed by atoms with van der Waals surface area (Å²) in [5.74, 6) is -0.339. The van der Waals surface area contributed by atoms with Gasteiger partial charge in [-0.1, -0.05) is 18.7 Å². The number of nitrogens with one attached hydrogen (secondary N) is 1. The normalized spacial score (nSPS) is 15.9. The van der Waals surface area contributed by atoms with Gasteiger partial charge in [0.25, 0.3) is 15.8 Å². The van der Waals surface area contributed by atoms with E-state index in [1.165, 1.54) is 5.56 Å². The molecule has 1 fully saturated rings. The lowest BCUT2D eigenvalue weighted by molar-refractivity contribution is -0.118. The van der Waals surface area contributed by atoms with Gasteiger partial charge in [0.05, 0.1) is 18.2 Å². The number of carbonyl (C=O) groups is 1. The number of hydrogen-bond acceptors (Lipinski definition) is 6. The van der Waals surface area contributed by atoms with Crippen LogP contribution >= 0.6 is 0 Å². The SMILES string of the molecule is [C-]#[N+]c1cc(-c2ccc3c(c2CC(=O)NS(=O)(=O)c2cc(C(C)N(C)C)n(C4CC4)n2)CCC3)ccn1. The maximum Gasteiger partial charge on any atom is 0.283 e. The monoisotopic (exact) mass is 518 g/mol. The molecule has 1 N–H and O–H groups in total. The summed E-state index contributed by atoms with van der Waals surface area (Å²) in [6, 6.07) is 9.27. The Morgan fingerprint density at radius 1 is 1.24 bits per heavy atom. The fraction of sp³-hybridized carbons (Fsp3) is 0.407. The van der Waals surface area contributed by atoms with E-state index in [-0.39, 0.29) is 29.3 Å². The van der Waals surface area contributed by atoms with Crippen molar-refractivity contribution in [1.82, 2.24) is 24.4 Å². The molecule has 10 heteroatoms. The van der Waals surface area contributed by atoms with Gasteiger partial charge in [-0.2, -0.15) is 13.5 Å². The van der Waals surface area contributed by atoms with Gasteiger partial charge < -0.3 is 9.74 Å². The number of aryl methyl sites for hydroxylation is 1. The first-order valence-corrected chi connectivity index (χ1v) is 14.0. The van der Waals surface area contributed by atoms with E-state index in [1.54, 1.807) is 23.0 Å². The van der Waals surface area contributed by atoms with E-state index in [4.69, 9.17) is 6.57 Å². The lowest BCUT2D eigenvalue weighted by Gasteiger charge is -2.20. The summed E-state index contributed by atoms with van der Waals surface area (Å²) in [5, 5.41) is 4.27. The predicted molar refractivity (Wildman–Crippen MR) is 140 cm³/mol. The van der Waals surface area contributed by atoms with E-state index in [0.29, 0.717) is 0 Å². The molecule has 1 amide bonds. The zero-order valence-electron chi connectivity index (χ0n) is 21.2. The molecule has 2 aliphatic carbocycles. The Morgan fingerprint density at radius 2 is 2.03 bits per heavy atom. The molecule has 0 radical (unpaired) electrons. The quantitative estimate of drug-likeness (QED) is 0.453. The van der Waals surface area contributed by atoms with Gasteiger partial charge in [-0.25, -0.2) is 4.72 Å². The van der Waals surface area contributed by atoms with Crippen molar-refractivity contribution in [2.24, 2.45) is 0 Å². The van der Waals surface area contributed by atoms with Crippen molar-refractivity contribution in [3.8, 4) is 11.1 Å². The van der Waals surface area contributed by atoms with Gasteiger partial charge in [-0.15, -0.1) is 4.98 Å². The zero-order chi connectivity index (χ0) is 26.3. The summed E-state index contributed by atoms with van der Waals surface area (Å²) in [7, 11) is -0.278. The Balaban J connectivity index is 1.44. The minimum atomic E-state index is -4.15. The van der Waals surface area contributed by atoms with Crippen molar-refractivity contribution in [1.29, 1.82) is 0 Å². The second-order valence-electron chi connectivity index (χ2n) is 10.0. The number of carbonyl (C=O) groups excluding carboxylic acids is 1. The molecule has 1 aromatic carbocycles. The molecule has 0 saturated heterocycles. The molecule has 3 aromatic rings. The van der Waals surface area contributed by atoms with E-state index >= 15 is 0 Å². The smallest absolute Gasteiger partial charge is 0.283 e. The minimum Gasteiger partial charge on any atom is -0.361 e. The molecule has 1 atom stereocenters. The molecule has 5 rings (SSSR count). The van der Waals surface area contributed by atoms with E-state index in [0.717, 1.165) is 60.1 Å². The number of benzene rings is 1. The van der Waals surface area contributed by atoms with Crippen LogP contribution in [0.4, 0.5) is 5.82 Å². The van der Waals surface area contributed by atoms with Crippen LogP contribution in [-0.2, 0) is 34.1 Å². The van der Waals surface area contributed by atoms with E-state index < -0.39 is 15.9 Å². The Hall–Kier alpha value is -3.55. The third-order valence-electron chi connectivity index (χ3n) is 7.27. The molecule has 2 aromatic heterocycles. The number of nitrogens with zero attached hydrogens (tertiary/aromatic N) is 5. The largest absolute Gasteiger partial charge is 0.361 e. The molecule has 1 unspecified atom stereocenters. The maximum absolute atomic E-state index is 13.2. The molecule has 192 valence electrons. The van der Waals surface area contributed by atoms with Gasteiger partial charge >= 0.3 is 0 Å². The van der Waals surface area contributed by atoms with Crippen LogP contribution in [0.5, 0.6) is 0 Å². The lowest BCUT2D eigenvalue weighted by atomic mass is 9.91. The number of aromatic nitrogens is 3. The predicted octanol–water partition coefficient (Wildman–Crippen LogP) is 3.99. The van der Waals surface area contributed by atoms with E-state index in [2.05, 4.69) is 25.7 Å². The first kappa shape index (κ1) is 25.1. The molecule has 1 saturated carbocycles. The van der Waals surface area contributed by atoms with E-state index in [1.807, 2.05) is 38.1 Å². The Kier molecular flexibility index (Phi) is 6.60. The highest BCUT2D eigenvalue weighted by molar-refractivity contribution is 7.90. The number of pyridine rings is 1. The first-order chi connectivity index (χ1) is 17.7. The van der Waals surface area contributed by atoms with Gasteiger partial charge in [-0.05, 0) is 93.1 Å². The standard InChI is InChI=1S/C27H30N6O3S/c1-17(32(3)4)24-16-27(30-33(24)20-9-10-20)37(35,36)31-26(34)15-23-21-7-5-6-18(21)8-11-22(23)19-12-13-29-25(14-19)28-2/h8,11-14,16-17,20H,5-7,9-10,15H2,1,3-4H3,(H,31,34). The fourth-order valence-electron chi connectivity index (χ4n) is 4.97. The van der Waals surface area contributed by atoms with Crippen LogP contribution in [0.25, 0.3) is 16.0 Å². The highest BCUT2D eigenvalue weighted by atomic mass is 32.2. The van der Waals surface area contributed by atoms with Crippen LogP contribution in [0.15, 0.2) is 41.6 Å². The van der Waals surface area contributed by atoms with E-state index in [9.17, 15) is 13.2 Å². The summed E-state index contributed by atoms with van der Waals surface area (Å²) in [4.78, 5) is 22.7. The molecule has 37 heavy (non-hydrogen) atoms. The van der Waals surface area contributed by atoms with Gasteiger partial charge in [0.2, 0.25) is 5.91 Å². The molecule has 2 heterocycles. The van der Waals surface area contributed by atoms with Crippen molar-refractivity contribution >= 4 is 21.7 Å². The topological polar surface area (TPSA) is 102 Å². The Morgan fingerprint density at radius 3 is 2.73 bits per heavy atom. The molecular formula is C27H30N6O3S. The van der Waals surface area contributed by atoms with Gasteiger partial charge in [0.1, 0.15) is 6.20 Å². The molecule has 0 spiro atoms. The van der Waals surface area contributed by atoms with Crippen molar-refractivity contribution < 1.29 is 13.2 Å². The third-order valence-corrected chi connectivity index (χ3v) is 8.52. The van der Waals surface area contributed by atoms with Crippen LogP contribution in [0, 0.1) is 6.57 Å². The lowest BCUT2D eigenvalue weighted by Crippen LogP contribution is -2.32. The highest BCUT2D eigenvalue weighted by Crippen LogP contribution is 2.38. The Bertz CT molecular complexity index is 1520. The maximum atomic E-state index is 13.2. The van der Waals surface area contributed by atoms with Crippen LogP contribution in [-0.4, -0.2) is 48.1 Å². The average molecular weight is 519 g/mol. The summed E-state index contributed by atoms with van der Waals surface area (Å²) in [6.07, 6.45) is 6.17. The van der Waals surface area contributed by atoms with Crippen LogP contribution < -0.4 is 4.72 Å². The number of rotatable bonds is 8. The van der Waals surface area contributed by atoms with Crippen molar-refractivity contribution in [2.75, 3.05) is 14.1 Å². The molecule has 0 aliphatic heterocycles. The molecule has 9 nitrogen and oxygen atoms in total. The molecular weight excluding hydrogens is 488 g/mol. The fourth-order valence-corrected chi connectivity index (χ4v) is 5.91. The molecule has 0 bridgehead atoms. The number of hydrogen-bond donors (Lipinski definition) is 1. The zero-order valence-corrected chi connectivity index (χ0v) is 22.0. The first-order valence-electron chi connectivity index (χ1n) is 12.5. The highest BCUT2D eigenvalue weighted by Gasteiger charge is 2.33. The average Bonchev–Trinajstić information content (AvgIpc) is 3.41. The number of amides is 1. The van der Waals surface area contributed by atoms with Crippen molar-refractivity contribution in [3.63, 3.8) is 0 Å². The second kappa shape index (κ2) is 9.72. The van der Waals surface area contributed by atoms with Crippen molar-refractivity contribution in [2.45, 2.75) is 62.6 Å². The van der Waals surface area contributed by atoms with Crippen LogP contribution in [0.1, 0.15) is 60.7 Å². The minimum absolute atomic E-state index is 0.0251.